The molecule has 0 unspecified atom stereocenters. The molecular formula is C10H7ClFN3O. The van der Waals surface area contributed by atoms with Crippen molar-refractivity contribution in [2.45, 2.75) is 0 Å². The monoisotopic (exact) mass is 239 g/mol. The number of halogens is 2. The highest BCUT2D eigenvalue weighted by Gasteiger charge is 2.13. The highest BCUT2D eigenvalue weighted by Crippen LogP contribution is 2.18. The van der Waals surface area contributed by atoms with E-state index in [-0.39, 0.29) is 11.4 Å². The Labute approximate surface area is 95.4 Å². The lowest BCUT2D eigenvalue weighted by atomic mass is 10.3. The first-order valence-corrected chi connectivity index (χ1v) is 4.76. The van der Waals surface area contributed by atoms with E-state index in [1.807, 2.05) is 0 Å². The van der Waals surface area contributed by atoms with Crippen LogP contribution in [0.4, 0.5) is 10.2 Å². The second-order valence-corrected chi connectivity index (χ2v) is 3.45. The van der Waals surface area contributed by atoms with Gasteiger partial charge in [-0.3, -0.25) is 4.79 Å². The third kappa shape index (κ3) is 1.77. The number of hydrogen-bond acceptors (Lipinski definition) is 3. The highest BCUT2D eigenvalue weighted by molar-refractivity contribution is 6.68. The minimum absolute atomic E-state index is 0.0885. The Morgan fingerprint density at radius 1 is 1.50 bits per heavy atom. The SMILES string of the molecule is Nc1c(C(=O)Cl)cnn1-c1cccc(F)c1. The van der Waals surface area contributed by atoms with E-state index in [1.54, 1.807) is 6.07 Å². The molecule has 0 saturated heterocycles. The molecule has 0 aliphatic rings. The molecule has 1 aromatic carbocycles. The van der Waals surface area contributed by atoms with Crippen molar-refractivity contribution in [1.82, 2.24) is 9.78 Å². The summed E-state index contributed by atoms with van der Waals surface area (Å²) in [7, 11) is 0. The van der Waals surface area contributed by atoms with Crippen LogP contribution in [0.15, 0.2) is 30.5 Å². The molecule has 16 heavy (non-hydrogen) atoms. The average Bonchev–Trinajstić information content (AvgIpc) is 2.60. The minimum Gasteiger partial charge on any atom is -0.383 e. The van der Waals surface area contributed by atoms with Gasteiger partial charge in [0.1, 0.15) is 11.6 Å². The van der Waals surface area contributed by atoms with Crippen LogP contribution in [0.25, 0.3) is 5.69 Å². The summed E-state index contributed by atoms with van der Waals surface area (Å²) in [5.74, 6) is -0.322. The number of anilines is 1. The van der Waals surface area contributed by atoms with Crippen LogP contribution in [0.2, 0.25) is 0 Å². The number of nitrogens with two attached hydrogens (primary N) is 1. The molecule has 2 rings (SSSR count). The number of nitrogen functional groups attached to an aromatic ring is 1. The molecular weight excluding hydrogens is 233 g/mol. The Bertz CT molecular complexity index is 553. The number of carbonyl (C=O) groups excluding carboxylic acids is 1. The van der Waals surface area contributed by atoms with Crippen molar-refractivity contribution in [3.8, 4) is 5.69 Å². The first kappa shape index (κ1) is 10.6. The van der Waals surface area contributed by atoms with Crippen molar-refractivity contribution in [2.75, 3.05) is 5.73 Å². The largest absolute Gasteiger partial charge is 0.383 e. The number of hydrogen-bond donors (Lipinski definition) is 1. The highest BCUT2D eigenvalue weighted by atomic mass is 35.5. The van der Waals surface area contributed by atoms with Crippen LogP contribution >= 0.6 is 11.6 Å². The molecule has 0 atom stereocenters. The van der Waals surface area contributed by atoms with Crippen molar-refractivity contribution >= 4 is 22.7 Å². The molecule has 2 aromatic rings. The van der Waals surface area contributed by atoms with Crippen molar-refractivity contribution in [3.05, 3.63) is 41.8 Å². The van der Waals surface area contributed by atoms with Gasteiger partial charge in [-0.1, -0.05) is 6.07 Å². The van der Waals surface area contributed by atoms with Gasteiger partial charge in [-0.25, -0.2) is 9.07 Å². The first-order chi connectivity index (χ1) is 7.59. The molecule has 0 aliphatic heterocycles. The Morgan fingerprint density at radius 2 is 2.25 bits per heavy atom. The standard InChI is InChI=1S/C10H7ClFN3O/c11-9(16)8-5-14-15(10(8)13)7-3-1-2-6(12)4-7/h1-5H,13H2. The maximum Gasteiger partial charge on any atom is 0.257 e. The number of carbonyl (C=O) groups is 1. The second kappa shape index (κ2) is 3.94. The summed E-state index contributed by atoms with van der Waals surface area (Å²) in [6, 6.07) is 5.70. The molecule has 1 heterocycles. The van der Waals surface area contributed by atoms with E-state index in [1.165, 1.54) is 29.1 Å². The molecule has 6 heteroatoms. The average molecular weight is 240 g/mol. The molecule has 0 amide bonds. The van der Waals surface area contributed by atoms with Crippen molar-refractivity contribution in [1.29, 1.82) is 0 Å². The first-order valence-electron chi connectivity index (χ1n) is 4.39. The molecule has 0 bridgehead atoms. The van der Waals surface area contributed by atoms with Crippen LogP contribution in [0.1, 0.15) is 10.4 Å². The van der Waals surface area contributed by atoms with E-state index in [2.05, 4.69) is 5.10 Å². The fourth-order valence-corrected chi connectivity index (χ4v) is 1.47. The molecule has 1 aromatic heterocycles. The van der Waals surface area contributed by atoms with Gasteiger partial charge in [0.25, 0.3) is 5.24 Å². The predicted octanol–water partition coefficient (Wildman–Crippen LogP) is 1.97. The van der Waals surface area contributed by atoms with Crippen LogP contribution in [0.5, 0.6) is 0 Å². The number of benzene rings is 1. The lowest BCUT2D eigenvalue weighted by Gasteiger charge is -2.03. The molecule has 2 N–H and O–H groups in total. The van der Waals surface area contributed by atoms with E-state index < -0.39 is 11.1 Å². The molecule has 82 valence electrons. The zero-order chi connectivity index (χ0) is 11.7. The summed E-state index contributed by atoms with van der Waals surface area (Å²) in [4.78, 5) is 10.9. The number of aromatic nitrogens is 2. The third-order valence-corrected chi connectivity index (χ3v) is 2.27. The van der Waals surface area contributed by atoms with Gasteiger partial charge in [0.2, 0.25) is 0 Å². The van der Waals surface area contributed by atoms with Gasteiger partial charge in [0, 0.05) is 0 Å². The third-order valence-electron chi connectivity index (χ3n) is 2.07. The summed E-state index contributed by atoms with van der Waals surface area (Å²) in [6.45, 7) is 0. The lowest BCUT2D eigenvalue weighted by Crippen LogP contribution is -2.04. The number of rotatable bonds is 2. The van der Waals surface area contributed by atoms with Gasteiger partial charge in [-0.2, -0.15) is 5.10 Å². The number of nitrogens with zero attached hydrogens (tertiary/aromatic N) is 2. The topological polar surface area (TPSA) is 60.9 Å². The van der Waals surface area contributed by atoms with E-state index in [0.717, 1.165) is 0 Å². The smallest absolute Gasteiger partial charge is 0.257 e. The van der Waals surface area contributed by atoms with E-state index in [9.17, 15) is 9.18 Å². The molecule has 0 saturated carbocycles. The zero-order valence-corrected chi connectivity index (χ0v) is 8.78. The van der Waals surface area contributed by atoms with Crippen LogP contribution < -0.4 is 5.73 Å². The van der Waals surface area contributed by atoms with Crippen molar-refractivity contribution in [3.63, 3.8) is 0 Å². The van der Waals surface area contributed by atoms with Gasteiger partial charge in [-0.15, -0.1) is 0 Å². The molecule has 4 nitrogen and oxygen atoms in total. The maximum absolute atomic E-state index is 13.0. The Morgan fingerprint density at radius 3 is 2.81 bits per heavy atom. The lowest BCUT2D eigenvalue weighted by molar-refractivity contribution is 0.108. The van der Waals surface area contributed by atoms with Crippen LogP contribution in [0, 0.1) is 5.82 Å². The van der Waals surface area contributed by atoms with Crippen LogP contribution in [-0.2, 0) is 0 Å². The van der Waals surface area contributed by atoms with E-state index in [4.69, 9.17) is 17.3 Å². The van der Waals surface area contributed by atoms with E-state index >= 15 is 0 Å². The van der Waals surface area contributed by atoms with Gasteiger partial charge in [-0.05, 0) is 29.8 Å². The van der Waals surface area contributed by atoms with Gasteiger partial charge in [0.05, 0.1) is 17.4 Å². The van der Waals surface area contributed by atoms with Crippen LogP contribution in [-0.4, -0.2) is 15.0 Å². The van der Waals surface area contributed by atoms with Crippen molar-refractivity contribution < 1.29 is 9.18 Å². The fraction of sp³-hybridized carbons (Fsp3) is 0. The normalized spacial score (nSPS) is 10.4. The summed E-state index contributed by atoms with van der Waals surface area (Å²) in [5, 5.41) is 3.17. The molecule has 0 radical (unpaired) electrons. The molecule has 0 aliphatic carbocycles. The molecule has 0 fully saturated rings. The van der Waals surface area contributed by atoms with Crippen LogP contribution in [0.3, 0.4) is 0 Å². The summed E-state index contributed by atoms with van der Waals surface area (Å²) in [6.07, 6.45) is 1.25. The van der Waals surface area contributed by atoms with Gasteiger partial charge < -0.3 is 5.73 Å². The quantitative estimate of drug-likeness (QED) is 0.815. The fourth-order valence-electron chi connectivity index (χ4n) is 1.32. The maximum atomic E-state index is 13.0. The van der Waals surface area contributed by atoms with Gasteiger partial charge in [0.15, 0.2) is 0 Å². The Balaban J connectivity index is 2.53. The minimum atomic E-state index is -0.694. The zero-order valence-electron chi connectivity index (χ0n) is 8.02. The Kier molecular flexibility index (Phi) is 2.62. The Hall–Kier alpha value is -1.88. The second-order valence-electron chi connectivity index (χ2n) is 3.11. The van der Waals surface area contributed by atoms with E-state index in [0.29, 0.717) is 5.69 Å². The molecule has 0 spiro atoms. The van der Waals surface area contributed by atoms with Gasteiger partial charge >= 0.3 is 0 Å². The summed E-state index contributed by atoms with van der Waals surface area (Å²) in [5.41, 5.74) is 6.19. The predicted molar refractivity (Wildman–Crippen MR) is 58.1 cm³/mol. The van der Waals surface area contributed by atoms with Crippen molar-refractivity contribution in [2.24, 2.45) is 0 Å². The summed E-state index contributed by atoms with van der Waals surface area (Å²) < 4.78 is 14.2. The summed E-state index contributed by atoms with van der Waals surface area (Å²) >= 11 is 5.29.